The van der Waals surface area contributed by atoms with Crippen LogP contribution in [0.25, 0.3) is 65.7 Å². The third kappa shape index (κ3) is 4.14. The first-order chi connectivity index (χ1) is 24.1. The number of anilines is 3. The monoisotopic (exact) mass is 627 g/mol. The van der Waals surface area contributed by atoms with E-state index in [1.807, 2.05) is 6.07 Å². The molecule has 8 aromatic carbocycles. The minimum atomic E-state index is -0.0602. The number of rotatable bonds is 4. The summed E-state index contributed by atoms with van der Waals surface area (Å²) in [6, 6.07) is 59.4. The predicted molar refractivity (Wildman–Crippen MR) is 206 cm³/mol. The molecule has 9 aromatic rings. The Balaban J connectivity index is 1.22. The van der Waals surface area contributed by atoms with Crippen molar-refractivity contribution in [2.75, 3.05) is 4.90 Å². The minimum Gasteiger partial charge on any atom is -0.456 e. The van der Waals surface area contributed by atoms with Crippen molar-refractivity contribution >= 4 is 60.5 Å². The highest BCUT2D eigenvalue weighted by molar-refractivity contribution is 6.22. The molecule has 0 atom stereocenters. The molecule has 0 fully saturated rings. The lowest BCUT2D eigenvalue weighted by molar-refractivity contribution is 0.660. The van der Waals surface area contributed by atoms with Gasteiger partial charge in [0.1, 0.15) is 11.2 Å². The Bertz CT molecular complexity index is 2740. The molecule has 232 valence electrons. The topological polar surface area (TPSA) is 16.4 Å². The maximum atomic E-state index is 6.56. The maximum Gasteiger partial charge on any atom is 0.138 e. The van der Waals surface area contributed by atoms with E-state index >= 15 is 0 Å². The molecule has 0 unspecified atom stereocenters. The fourth-order valence-electron chi connectivity index (χ4n) is 8.30. The molecule has 1 heterocycles. The first-order valence-electron chi connectivity index (χ1n) is 17.0. The number of benzene rings is 8. The molecule has 0 N–H and O–H groups in total. The van der Waals surface area contributed by atoms with Crippen molar-refractivity contribution in [3.63, 3.8) is 0 Å². The van der Waals surface area contributed by atoms with Crippen LogP contribution < -0.4 is 4.90 Å². The highest BCUT2D eigenvalue weighted by atomic mass is 16.3. The van der Waals surface area contributed by atoms with Crippen LogP contribution in [0.4, 0.5) is 17.1 Å². The third-order valence-corrected chi connectivity index (χ3v) is 10.7. The Hall–Kier alpha value is -6.12. The van der Waals surface area contributed by atoms with Gasteiger partial charge in [-0.1, -0.05) is 141 Å². The lowest BCUT2D eigenvalue weighted by Gasteiger charge is -2.28. The van der Waals surface area contributed by atoms with Crippen molar-refractivity contribution in [2.45, 2.75) is 19.3 Å². The SMILES string of the molecule is CC1(C)c2ccccc2-c2cc(N(c3ccc(-c4cccc5ccccc45)cc3)c3cc4oc5ccccc5c4c4ccccc34)ccc21. The van der Waals surface area contributed by atoms with Gasteiger partial charge >= 0.3 is 0 Å². The summed E-state index contributed by atoms with van der Waals surface area (Å²) in [7, 11) is 0. The summed E-state index contributed by atoms with van der Waals surface area (Å²) in [5, 5.41) is 7.17. The lowest BCUT2D eigenvalue weighted by atomic mass is 9.82. The third-order valence-electron chi connectivity index (χ3n) is 10.7. The van der Waals surface area contributed by atoms with Crippen molar-refractivity contribution in [3.05, 3.63) is 175 Å². The summed E-state index contributed by atoms with van der Waals surface area (Å²) in [6.45, 7) is 4.67. The maximum absolute atomic E-state index is 6.56. The Morgan fingerprint density at radius 2 is 1.08 bits per heavy atom. The molecule has 1 aromatic heterocycles. The van der Waals surface area contributed by atoms with E-state index in [4.69, 9.17) is 4.42 Å². The summed E-state index contributed by atoms with van der Waals surface area (Å²) in [6.07, 6.45) is 0. The van der Waals surface area contributed by atoms with Gasteiger partial charge in [-0.05, 0) is 79.9 Å². The van der Waals surface area contributed by atoms with Crippen LogP contribution in [0.1, 0.15) is 25.0 Å². The van der Waals surface area contributed by atoms with Gasteiger partial charge in [0, 0.05) is 39.0 Å². The van der Waals surface area contributed by atoms with Crippen LogP contribution in [0.15, 0.2) is 168 Å². The number of nitrogens with zero attached hydrogens (tertiary/aromatic N) is 1. The molecule has 0 bridgehead atoms. The second-order valence-corrected chi connectivity index (χ2v) is 13.7. The normalized spacial score (nSPS) is 13.3. The summed E-state index contributed by atoms with van der Waals surface area (Å²) in [4.78, 5) is 2.41. The molecule has 49 heavy (non-hydrogen) atoms. The molecule has 0 spiro atoms. The summed E-state index contributed by atoms with van der Waals surface area (Å²) in [5.74, 6) is 0. The fourth-order valence-corrected chi connectivity index (χ4v) is 8.30. The average Bonchev–Trinajstić information content (AvgIpc) is 3.64. The van der Waals surface area contributed by atoms with Gasteiger partial charge < -0.3 is 9.32 Å². The van der Waals surface area contributed by atoms with Crippen molar-refractivity contribution in [1.29, 1.82) is 0 Å². The summed E-state index contributed by atoms with van der Waals surface area (Å²) in [5.41, 5.74) is 12.8. The van der Waals surface area contributed by atoms with E-state index in [0.717, 1.165) is 39.0 Å². The van der Waals surface area contributed by atoms with E-state index < -0.39 is 0 Å². The van der Waals surface area contributed by atoms with Crippen molar-refractivity contribution in [2.24, 2.45) is 0 Å². The molecular formula is C47H33NO. The van der Waals surface area contributed by atoms with Crippen LogP contribution in [0.5, 0.6) is 0 Å². The Morgan fingerprint density at radius 3 is 1.94 bits per heavy atom. The van der Waals surface area contributed by atoms with Gasteiger partial charge in [-0.2, -0.15) is 0 Å². The highest BCUT2D eigenvalue weighted by Gasteiger charge is 2.35. The van der Waals surface area contributed by atoms with Crippen LogP contribution in [0.3, 0.4) is 0 Å². The molecule has 0 saturated heterocycles. The van der Waals surface area contributed by atoms with Gasteiger partial charge in [0.15, 0.2) is 0 Å². The van der Waals surface area contributed by atoms with Gasteiger partial charge in [-0.15, -0.1) is 0 Å². The number of hydrogen-bond donors (Lipinski definition) is 0. The standard InChI is InChI=1S/C47H33NO/c1-47(2)41-20-9-7-15-36(41)40-28-33(26-27-42(40)47)48(32-24-22-31(23-25-32)35-19-11-13-30-12-3-4-14-34(30)35)43-29-45-46(38-17-6-5-16-37(38)43)39-18-8-10-21-44(39)49-45/h3-29H,1-2H3. The van der Waals surface area contributed by atoms with Crippen LogP contribution in [-0.2, 0) is 5.41 Å². The first kappa shape index (κ1) is 27.9. The van der Waals surface area contributed by atoms with Crippen molar-refractivity contribution < 1.29 is 4.42 Å². The quantitative estimate of drug-likeness (QED) is 0.193. The molecule has 0 saturated carbocycles. The second kappa shape index (κ2) is 10.4. The first-order valence-corrected chi connectivity index (χ1v) is 17.0. The second-order valence-electron chi connectivity index (χ2n) is 13.7. The zero-order valence-electron chi connectivity index (χ0n) is 27.4. The summed E-state index contributed by atoms with van der Waals surface area (Å²) >= 11 is 0. The van der Waals surface area contributed by atoms with Crippen LogP contribution >= 0.6 is 0 Å². The van der Waals surface area contributed by atoms with Gasteiger partial charge in [-0.25, -0.2) is 0 Å². The molecule has 0 aliphatic heterocycles. The van der Waals surface area contributed by atoms with Gasteiger partial charge in [0.25, 0.3) is 0 Å². The number of hydrogen-bond acceptors (Lipinski definition) is 2. The molecule has 0 radical (unpaired) electrons. The van der Waals surface area contributed by atoms with Crippen LogP contribution in [0, 0.1) is 0 Å². The number of para-hydroxylation sites is 1. The minimum absolute atomic E-state index is 0.0602. The molecule has 0 amide bonds. The Kier molecular flexibility index (Phi) is 5.95. The molecule has 10 rings (SSSR count). The number of furan rings is 1. The van der Waals surface area contributed by atoms with Crippen LogP contribution in [-0.4, -0.2) is 0 Å². The zero-order valence-corrected chi connectivity index (χ0v) is 27.4. The van der Waals surface area contributed by atoms with Crippen LogP contribution in [0.2, 0.25) is 0 Å². The molecule has 1 aliphatic carbocycles. The molecule has 1 aliphatic rings. The Morgan fingerprint density at radius 1 is 0.449 bits per heavy atom. The van der Waals surface area contributed by atoms with Crippen molar-refractivity contribution in [1.82, 2.24) is 0 Å². The Labute approximate surface area is 285 Å². The fraction of sp³-hybridized carbons (Fsp3) is 0.0638. The molecular weight excluding hydrogens is 595 g/mol. The largest absolute Gasteiger partial charge is 0.456 e. The predicted octanol–water partition coefficient (Wildman–Crippen LogP) is 13.3. The van der Waals surface area contributed by atoms with Crippen molar-refractivity contribution in [3.8, 4) is 22.3 Å². The zero-order chi connectivity index (χ0) is 32.7. The lowest BCUT2D eigenvalue weighted by Crippen LogP contribution is -2.15. The average molecular weight is 628 g/mol. The van der Waals surface area contributed by atoms with Gasteiger partial charge in [-0.3, -0.25) is 0 Å². The van der Waals surface area contributed by atoms with E-state index in [9.17, 15) is 0 Å². The van der Waals surface area contributed by atoms with E-state index in [0.29, 0.717) is 0 Å². The molecule has 2 nitrogen and oxygen atoms in total. The highest BCUT2D eigenvalue weighted by Crippen LogP contribution is 2.51. The smallest absolute Gasteiger partial charge is 0.138 e. The van der Waals surface area contributed by atoms with E-state index in [1.54, 1.807) is 0 Å². The van der Waals surface area contributed by atoms with E-state index in [1.165, 1.54) is 54.9 Å². The van der Waals surface area contributed by atoms with E-state index in [-0.39, 0.29) is 5.41 Å². The van der Waals surface area contributed by atoms with Gasteiger partial charge in [0.2, 0.25) is 0 Å². The van der Waals surface area contributed by atoms with Gasteiger partial charge in [0.05, 0.1) is 5.69 Å². The molecule has 2 heteroatoms. The van der Waals surface area contributed by atoms with E-state index in [2.05, 4.69) is 176 Å². The number of fused-ring (bicyclic) bond motifs is 9. The summed E-state index contributed by atoms with van der Waals surface area (Å²) < 4.78 is 6.56.